The molecule has 0 aromatic heterocycles. The van der Waals surface area contributed by atoms with E-state index in [-0.39, 0.29) is 12.6 Å². The number of hydrogen-bond donors (Lipinski definition) is 1. The van der Waals surface area contributed by atoms with E-state index < -0.39 is 21.5 Å². The van der Waals surface area contributed by atoms with E-state index in [0.29, 0.717) is 22.7 Å². The molecular weight excluding hydrogens is 424 g/mol. The van der Waals surface area contributed by atoms with Crippen molar-refractivity contribution in [2.45, 2.75) is 45.8 Å². The molecule has 162 valence electrons. The number of anilines is 1. The van der Waals surface area contributed by atoms with Crippen molar-refractivity contribution in [1.82, 2.24) is 5.32 Å². The second kappa shape index (κ2) is 8.12. The molecule has 1 heterocycles. The molecule has 2 aromatic carbocycles. The fraction of sp³-hybridized carbons (Fsp3) is 0.409. The molecular formula is C22H27ClN2O4S. The maximum absolute atomic E-state index is 12.9. The van der Waals surface area contributed by atoms with Gasteiger partial charge in [-0.25, -0.2) is 8.42 Å². The highest BCUT2D eigenvalue weighted by Crippen LogP contribution is 2.40. The van der Waals surface area contributed by atoms with Crippen LogP contribution in [0.3, 0.4) is 0 Å². The zero-order chi connectivity index (χ0) is 22.3. The predicted molar refractivity (Wildman–Crippen MR) is 120 cm³/mol. The molecule has 0 spiro atoms. The van der Waals surface area contributed by atoms with Crippen molar-refractivity contribution in [1.29, 1.82) is 0 Å². The Morgan fingerprint density at radius 1 is 1.23 bits per heavy atom. The molecule has 30 heavy (non-hydrogen) atoms. The Morgan fingerprint density at radius 2 is 1.93 bits per heavy atom. The van der Waals surface area contributed by atoms with Gasteiger partial charge in [-0.3, -0.25) is 9.10 Å². The number of amides is 1. The minimum Gasteiger partial charge on any atom is -0.487 e. The second-order valence-corrected chi connectivity index (χ2v) is 10.8. The molecule has 1 amide bonds. The van der Waals surface area contributed by atoms with Crippen molar-refractivity contribution in [3.63, 3.8) is 0 Å². The number of halogens is 1. The van der Waals surface area contributed by atoms with Crippen LogP contribution in [-0.4, -0.2) is 32.7 Å². The van der Waals surface area contributed by atoms with Crippen LogP contribution in [0.4, 0.5) is 5.69 Å². The third-order valence-electron chi connectivity index (χ3n) is 5.09. The van der Waals surface area contributed by atoms with Crippen molar-refractivity contribution >= 4 is 33.2 Å². The number of fused-ring (bicyclic) bond motifs is 1. The van der Waals surface area contributed by atoms with Gasteiger partial charge in [0.1, 0.15) is 17.9 Å². The average molecular weight is 451 g/mol. The van der Waals surface area contributed by atoms with E-state index in [0.717, 1.165) is 27.4 Å². The smallest absolute Gasteiger partial charge is 0.241 e. The van der Waals surface area contributed by atoms with E-state index in [1.54, 1.807) is 25.1 Å². The highest BCUT2D eigenvalue weighted by molar-refractivity contribution is 7.92. The summed E-state index contributed by atoms with van der Waals surface area (Å²) < 4.78 is 32.1. The Kier molecular flexibility index (Phi) is 6.07. The zero-order valence-electron chi connectivity index (χ0n) is 17.8. The van der Waals surface area contributed by atoms with E-state index in [9.17, 15) is 13.2 Å². The van der Waals surface area contributed by atoms with Crippen LogP contribution in [0.2, 0.25) is 5.02 Å². The van der Waals surface area contributed by atoms with Crippen molar-refractivity contribution in [2.24, 2.45) is 0 Å². The Labute approximate surface area is 183 Å². The third-order valence-corrected chi connectivity index (χ3v) is 6.45. The Balaban J connectivity index is 1.87. The number of hydrogen-bond acceptors (Lipinski definition) is 4. The second-order valence-electron chi connectivity index (χ2n) is 8.43. The fourth-order valence-electron chi connectivity index (χ4n) is 3.69. The van der Waals surface area contributed by atoms with Gasteiger partial charge < -0.3 is 10.1 Å². The molecule has 1 aliphatic heterocycles. The number of ether oxygens (including phenoxy) is 1. The number of sulfonamides is 1. The topological polar surface area (TPSA) is 75.7 Å². The number of carbonyl (C=O) groups excluding carboxylic acids is 1. The number of benzene rings is 2. The lowest BCUT2D eigenvalue weighted by Crippen LogP contribution is -2.45. The van der Waals surface area contributed by atoms with E-state index in [1.807, 2.05) is 39.0 Å². The lowest BCUT2D eigenvalue weighted by atomic mass is 9.89. The van der Waals surface area contributed by atoms with Crippen molar-refractivity contribution in [3.8, 4) is 5.75 Å². The van der Waals surface area contributed by atoms with E-state index >= 15 is 0 Å². The summed E-state index contributed by atoms with van der Waals surface area (Å²) in [6, 6.07) is 10.6. The lowest BCUT2D eigenvalue weighted by Gasteiger charge is -2.38. The van der Waals surface area contributed by atoms with Gasteiger partial charge >= 0.3 is 0 Å². The number of nitrogens with zero attached hydrogens (tertiary/aromatic N) is 1. The lowest BCUT2D eigenvalue weighted by molar-refractivity contribution is -0.120. The molecule has 1 atom stereocenters. The molecule has 0 saturated carbocycles. The maximum Gasteiger partial charge on any atom is 0.241 e. The zero-order valence-corrected chi connectivity index (χ0v) is 19.4. The van der Waals surface area contributed by atoms with Gasteiger partial charge in [0.05, 0.1) is 18.0 Å². The van der Waals surface area contributed by atoms with Crippen molar-refractivity contribution < 1.29 is 17.9 Å². The molecule has 2 aromatic rings. The molecule has 6 nitrogen and oxygen atoms in total. The van der Waals surface area contributed by atoms with Gasteiger partial charge in [0, 0.05) is 17.0 Å². The molecule has 0 fully saturated rings. The van der Waals surface area contributed by atoms with E-state index in [1.165, 1.54) is 0 Å². The van der Waals surface area contributed by atoms with Gasteiger partial charge in [0.15, 0.2) is 0 Å². The van der Waals surface area contributed by atoms with Crippen LogP contribution in [0.25, 0.3) is 0 Å². The summed E-state index contributed by atoms with van der Waals surface area (Å²) in [5, 5.41) is 3.40. The molecule has 1 aliphatic rings. The summed E-state index contributed by atoms with van der Waals surface area (Å²) in [5.41, 5.74) is 2.60. The largest absolute Gasteiger partial charge is 0.487 e. The first-order valence-electron chi connectivity index (χ1n) is 9.68. The van der Waals surface area contributed by atoms with Crippen LogP contribution >= 0.6 is 11.6 Å². The fourth-order valence-corrected chi connectivity index (χ4v) is 4.76. The van der Waals surface area contributed by atoms with Gasteiger partial charge in [-0.1, -0.05) is 29.8 Å². The summed E-state index contributed by atoms with van der Waals surface area (Å²) in [5.74, 6) is 0.344. The van der Waals surface area contributed by atoms with Gasteiger partial charge in [0.2, 0.25) is 15.9 Å². The van der Waals surface area contributed by atoms with Crippen LogP contribution < -0.4 is 14.4 Å². The molecule has 1 unspecified atom stereocenters. The van der Waals surface area contributed by atoms with Crippen LogP contribution in [0.15, 0.2) is 36.4 Å². The Bertz CT molecular complexity index is 1080. The quantitative estimate of drug-likeness (QED) is 0.742. The third kappa shape index (κ3) is 5.08. The van der Waals surface area contributed by atoms with Crippen LogP contribution in [0, 0.1) is 13.8 Å². The summed E-state index contributed by atoms with van der Waals surface area (Å²) in [7, 11) is -3.69. The highest BCUT2D eigenvalue weighted by Gasteiger charge is 2.35. The predicted octanol–water partition coefficient (Wildman–Crippen LogP) is 4.14. The van der Waals surface area contributed by atoms with Crippen LogP contribution in [-0.2, 0) is 14.8 Å². The summed E-state index contributed by atoms with van der Waals surface area (Å²) in [4.78, 5) is 12.9. The standard InChI is InChI=1S/C22H27ClN2O4S/c1-14-6-9-17-18(12-22(3,4)29-20(17)10-14)24-21(26)13-25(30(5,27)28)19-11-16(23)8-7-15(19)2/h6-11,18H,12-13H2,1-5H3,(H,24,26). The van der Waals surface area contributed by atoms with Gasteiger partial charge in [-0.2, -0.15) is 0 Å². The molecule has 0 radical (unpaired) electrons. The van der Waals surface area contributed by atoms with Crippen LogP contribution in [0.5, 0.6) is 5.75 Å². The SMILES string of the molecule is Cc1ccc2c(c1)OC(C)(C)CC2NC(=O)CN(c1cc(Cl)ccc1C)S(C)(=O)=O. The number of carbonyl (C=O) groups is 1. The number of nitrogens with one attached hydrogen (secondary N) is 1. The molecule has 0 bridgehead atoms. The molecule has 1 N–H and O–H groups in total. The molecule has 8 heteroatoms. The summed E-state index contributed by atoms with van der Waals surface area (Å²) in [6.07, 6.45) is 1.65. The Hall–Kier alpha value is -2.25. The van der Waals surface area contributed by atoms with Gasteiger partial charge in [-0.05, 0) is 57.0 Å². The first-order chi connectivity index (χ1) is 13.9. The normalized spacial score (nSPS) is 17.6. The molecule has 3 rings (SSSR count). The monoisotopic (exact) mass is 450 g/mol. The minimum atomic E-state index is -3.69. The first-order valence-corrected chi connectivity index (χ1v) is 11.9. The number of aryl methyl sites for hydroxylation is 2. The Morgan fingerprint density at radius 3 is 2.60 bits per heavy atom. The molecule has 0 aliphatic carbocycles. The highest BCUT2D eigenvalue weighted by atomic mass is 35.5. The van der Waals surface area contributed by atoms with Crippen molar-refractivity contribution in [2.75, 3.05) is 17.1 Å². The number of rotatable bonds is 5. The van der Waals surface area contributed by atoms with E-state index in [2.05, 4.69) is 5.32 Å². The van der Waals surface area contributed by atoms with E-state index in [4.69, 9.17) is 16.3 Å². The molecule has 0 saturated heterocycles. The minimum absolute atomic E-state index is 0.279. The van der Waals surface area contributed by atoms with Gasteiger partial charge in [-0.15, -0.1) is 0 Å². The maximum atomic E-state index is 12.9. The summed E-state index contributed by atoms with van der Waals surface area (Å²) >= 11 is 6.07. The van der Waals surface area contributed by atoms with Gasteiger partial charge in [0.25, 0.3) is 0 Å². The first kappa shape index (κ1) is 22.4. The summed E-state index contributed by atoms with van der Waals surface area (Å²) in [6.45, 7) is 7.36. The van der Waals surface area contributed by atoms with Crippen LogP contribution in [0.1, 0.15) is 43.0 Å². The van der Waals surface area contributed by atoms with Crippen molar-refractivity contribution in [3.05, 3.63) is 58.1 Å². The average Bonchev–Trinajstić information content (AvgIpc) is 2.59.